The predicted molar refractivity (Wildman–Crippen MR) is 136 cm³/mol. The van der Waals surface area contributed by atoms with Crippen molar-refractivity contribution in [3.63, 3.8) is 0 Å². The van der Waals surface area contributed by atoms with E-state index in [0.29, 0.717) is 0 Å². The van der Waals surface area contributed by atoms with Gasteiger partial charge in [-0.2, -0.15) is 0 Å². The van der Waals surface area contributed by atoms with Gasteiger partial charge in [-0.25, -0.2) is 4.98 Å². The van der Waals surface area contributed by atoms with E-state index in [1.54, 1.807) is 7.11 Å². The number of aliphatic imine (C=N–C) groups is 1. The summed E-state index contributed by atoms with van der Waals surface area (Å²) >= 11 is 0. The molecule has 1 aromatic heterocycles. The Hall–Kier alpha value is -4.22. The monoisotopic (exact) mass is 445 g/mol. The number of hydrogen-bond acceptors (Lipinski definition) is 4. The van der Waals surface area contributed by atoms with E-state index >= 15 is 0 Å². The van der Waals surface area contributed by atoms with Crippen molar-refractivity contribution in [2.45, 2.75) is 13.0 Å². The second-order valence-corrected chi connectivity index (χ2v) is 8.48. The van der Waals surface area contributed by atoms with Gasteiger partial charge in [-0.3, -0.25) is 4.99 Å². The molecule has 0 atom stereocenters. The van der Waals surface area contributed by atoms with Crippen molar-refractivity contribution in [2.24, 2.45) is 4.99 Å². The minimum Gasteiger partial charge on any atom is -0.497 e. The highest BCUT2D eigenvalue weighted by atomic mass is 16.5. The topological polar surface area (TPSA) is 70.5 Å². The Morgan fingerprint density at radius 2 is 1.53 bits per heavy atom. The third-order valence-corrected chi connectivity index (χ3v) is 6.35. The van der Waals surface area contributed by atoms with Crippen LogP contribution < -0.4 is 4.74 Å². The predicted octanol–water partition coefficient (Wildman–Crippen LogP) is 6.07. The number of benzene rings is 4. The van der Waals surface area contributed by atoms with E-state index in [2.05, 4.69) is 47.4 Å². The van der Waals surface area contributed by atoms with Gasteiger partial charge in [0, 0.05) is 12.0 Å². The van der Waals surface area contributed by atoms with Gasteiger partial charge < -0.3 is 14.8 Å². The molecule has 0 unspecified atom stereocenters. The van der Waals surface area contributed by atoms with Gasteiger partial charge in [0.15, 0.2) is 0 Å². The van der Waals surface area contributed by atoms with Crippen molar-refractivity contribution in [2.75, 3.05) is 7.11 Å². The molecule has 0 spiro atoms. The second kappa shape index (κ2) is 8.28. The molecule has 0 amide bonds. The maximum atomic E-state index is 9.27. The smallest absolute Gasteiger partial charge is 0.138 e. The maximum Gasteiger partial charge on any atom is 0.138 e. The molecule has 0 saturated carbocycles. The van der Waals surface area contributed by atoms with Crippen molar-refractivity contribution >= 4 is 22.4 Å². The summed E-state index contributed by atoms with van der Waals surface area (Å²) in [5.41, 5.74) is 10.5. The van der Waals surface area contributed by atoms with Crippen LogP contribution >= 0.6 is 0 Å². The van der Waals surface area contributed by atoms with Crippen LogP contribution in [-0.4, -0.2) is 27.9 Å². The van der Waals surface area contributed by atoms with Gasteiger partial charge in [-0.1, -0.05) is 42.5 Å². The van der Waals surface area contributed by atoms with Gasteiger partial charge in [-0.15, -0.1) is 0 Å². The van der Waals surface area contributed by atoms with Crippen LogP contribution in [0.1, 0.15) is 16.7 Å². The lowest BCUT2D eigenvalue weighted by Gasteiger charge is -2.04. The second-order valence-electron chi connectivity index (χ2n) is 8.48. The molecule has 1 aliphatic rings. The molecule has 0 saturated heterocycles. The Morgan fingerprint density at radius 3 is 2.29 bits per heavy atom. The van der Waals surface area contributed by atoms with E-state index in [4.69, 9.17) is 14.7 Å². The van der Waals surface area contributed by atoms with Crippen LogP contribution in [0.5, 0.6) is 5.75 Å². The molecule has 2 N–H and O–H groups in total. The Labute approximate surface area is 197 Å². The average molecular weight is 446 g/mol. The summed E-state index contributed by atoms with van der Waals surface area (Å²) in [4.78, 5) is 13.1. The zero-order valence-corrected chi connectivity index (χ0v) is 18.7. The van der Waals surface area contributed by atoms with E-state index in [-0.39, 0.29) is 6.61 Å². The summed E-state index contributed by atoms with van der Waals surface area (Å²) in [5.74, 6) is 1.67. The first-order valence-electron chi connectivity index (χ1n) is 11.3. The number of methoxy groups -OCH3 is 1. The van der Waals surface area contributed by atoms with E-state index < -0.39 is 0 Å². The SMILES string of the molecule is COc1ccc(C2=Nc3cc(-c4ccc5nc(-c6ccc(CO)cc6)[nH]c5c4)ccc3C2)cc1. The minimum atomic E-state index is 0.0379. The number of fused-ring (bicyclic) bond motifs is 2. The Kier molecular flexibility index (Phi) is 4.97. The standard InChI is InChI=1S/C29H23N3O2/c1-34-24-11-8-19(9-12-24)26-16-23-7-6-21(14-27(23)30-26)22-10-13-25-28(15-22)32-29(31-25)20-4-2-18(17-33)3-5-20/h2-15,33H,16-17H2,1H3,(H,31,32). The summed E-state index contributed by atoms with van der Waals surface area (Å²) in [7, 11) is 1.68. The number of hydrogen-bond donors (Lipinski definition) is 2. The molecule has 166 valence electrons. The minimum absolute atomic E-state index is 0.0379. The summed E-state index contributed by atoms with van der Waals surface area (Å²) < 4.78 is 5.27. The number of aromatic nitrogens is 2. The molecule has 5 heteroatoms. The van der Waals surface area contributed by atoms with Crippen molar-refractivity contribution < 1.29 is 9.84 Å². The molecule has 0 aliphatic carbocycles. The van der Waals surface area contributed by atoms with Crippen LogP contribution in [0.4, 0.5) is 5.69 Å². The lowest BCUT2D eigenvalue weighted by molar-refractivity contribution is 0.282. The van der Waals surface area contributed by atoms with Gasteiger partial charge >= 0.3 is 0 Å². The van der Waals surface area contributed by atoms with Crippen LogP contribution in [0, 0.1) is 0 Å². The number of aliphatic hydroxyl groups is 1. The van der Waals surface area contributed by atoms with E-state index in [0.717, 1.165) is 68.2 Å². The zero-order valence-electron chi connectivity index (χ0n) is 18.7. The molecule has 0 radical (unpaired) electrons. The van der Waals surface area contributed by atoms with Crippen molar-refractivity contribution in [3.8, 4) is 28.3 Å². The molecule has 0 bridgehead atoms. The summed E-state index contributed by atoms with van der Waals surface area (Å²) in [6.45, 7) is 0.0379. The first-order chi connectivity index (χ1) is 16.7. The summed E-state index contributed by atoms with van der Waals surface area (Å²) in [5, 5.41) is 9.27. The van der Waals surface area contributed by atoms with Crippen LogP contribution in [0.2, 0.25) is 0 Å². The zero-order chi connectivity index (χ0) is 23.1. The van der Waals surface area contributed by atoms with Crippen molar-refractivity contribution in [1.82, 2.24) is 9.97 Å². The van der Waals surface area contributed by atoms with Gasteiger partial charge in [-0.05, 0) is 70.3 Å². The van der Waals surface area contributed by atoms with Crippen LogP contribution in [0.15, 0.2) is 89.9 Å². The Morgan fingerprint density at radius 1 is 0.824 bits per heavy atom. The molecule has 4 aromatic carbocycles. The van der Waals surface area contributed by atoms with Crippen molar-refractivity contribution in [3.05, 3.63) is 102 Å². The fraction of sp³-hybridized carbons (Fsp3) is 0.103. The number of nitrogens with zero attached hydrogens (tertiary/aromatic N) is 2. The number of H-pyrrole nitrogens is 1. The normalized spacial score (nSPS) is 12.6. The molecule has 5 nitrogen and oxygen atoms in total. The first kappa shape index (κ1) is 20.4. The van der Waals surface area contributed by atoms with Crippen molar-refractivity contribution in [1.29, 1.82) is 0 Å². The number of imidazole rings is 1. The van der Waals surface area contributed by atoms with Gasteiger partial charge in [0.2, 0.25) is 0 Å². The number of aliphatic hydroxyl groups excluding tert-OH is 1. The fourth-order valence-electron chi connectivity index (χ4n) is 4.41. The maximum absolute atomic E-state index is 9.27. The van der Waals surface area contributed by atoms with E-state index in [1.807, 2.05) is 42.5 Å². The number of aromatic amines is 1. The van der Waals surface area contributed by atoms with Crippen LogP contribution in [-0.2, 0) is 13.0 Å². The lowest BCUT2D eigenvalue weighted by Crippen LogP contribution is -1.99. The average Bonchev–Trinajstić information content (AvgIpc) is 3.52. The molecule has 6 rings (SSSR count). The lowest BCUT2D eigenvalue weighted by atomic mass is 10.00. The van der Waals surface area contributed by atoms with Gasteiger partial charge in [0.25, 0.3) is 0 Å². The molecular weight excluding hydrogens is 422 g/mol. The number of rotatable bonds is 5. The molecule has 1 aliphatic heterocycles. The summed E-state index contributed by atoms with van der Waals surface area (Å²) in [6, 6.07) is 28.6. The molecule has 34 heavy (non-hydrogen) atoms. The number of nitrogens with one attached hydrogen (secondary N) is 1. The number of ether oxygens (including phenoxy) is 1. The third-order valence-electron chi connectivity index (χ3n) is 6.35. The molecule has 0 fully saturated rings. The van der Waals surface area contributed by atoms with Gasteiger partial charge in [0.05, 0.1) is 36.1 Å². The third kappa shape index (κ3) is 3.66. The van der Waals surface area contributed by atoms with Crippen LogP contribution in [0.25, 0.3) is 33.5 Å². The Balaban J connectivity index is 1.30. The Bertz CT molecular complexity index is 1530. The van der Waals surface area contributed by atoms with Crippen LogP contribution in [0.3, 0.4) is 0 Å². The molecular formula is C29H23N3O2. The highest BCUT2D eigenvalue weighted by molar-refractivity contribution is 6.07. The highest BCUT2D eigenvalue weighted by Gasteiger charge is 2.17. The highest BCUT2D eigenvalue weighted by Crippen LogP contribution is 2.34. The van der Waals surface area contributed by atoms with Gasteiger partial charge in [0.1, 0.15) is 11.6 Å². The van der Waals surface area contributed by atoms with E-state index in [1.165, 1.54) is 5.56 Å². The molecule has 5 aromatic rings. The largest absolute Gasteiger partial charge is 0.497 e. The summed E-state index contributed by atoms with van der Waals surface area (Å²) in [6.07, 6.45) is 0.833. The first-order valence-corrected chi connectivity index (χ1v) is 11.3. The molecule has 2 heterocycles. The fourth-order valence-corrected chi connectivity index (χ4v) is 4.41. The quantitative estimate of drug-likeness (QED) is 0.345. The van der Waals surface area contributed by atoms with E-state index in [9.17, 15) is 5.11 Å².